The number of nitrogens with two attached hydrogens (primary N) is 1. The lowest BCUT2D eigenvalue weighted by molar-refractivity contribution is 0.0949. The number of hydrogen-bond acceptors (Lipinski definition) is 6. The summed E-state index contributed by atoms with van der Waals surface area (Å²) in [6.07, 6.45) is 1.49. The molecule has 0 saturated carbocycles. The Morgan fingerprint density at radius 2 is 2.08 bits per heavy atom. The van der Waals surface area contributed by atoms with Crippen LogP contribution in [0, 0.1) is 5.92 Å². The topological polar surface area (TPSA) is 86.5 Å². The third-order valence-corrected chi connectivity index (χ3v) is 4.94. The fraction of sp³-hybridized carbons (Fsp3) is 0.474. The SMILES string of the molecule is COc1ccc(OC)c(CCNC(=O)c2csc(C(N)CC(C)C)n2)c1. The summed E-state index contributed by atoms with van der Waals surface area (Å²) in [6, 6.07) is 5.50. The summed E-state index contributed by atoms with van der Waals surface area (Å²) >= 11 is 1.44. The molecule has 142 valence electrons. The fourth-order valence-electron chi connectivity index (χ4n) is 2.65. The summed E-state index contributed by atoms with van der Waals surface area (Å²) in [5.74, 6) is 1.83. The Morgan fingerprint density at radius 3 is 2.73 bits per heavy atom. The summed E-state index contributed by atoms with van der Waals surface area (Å²) < 4.78 is 10.6. The number of carbonyl (C=O) groups is 1. The van der Waals surface area contributed by atoms with Crippen LogP contribution in [0.15, 0.2) is 23.6 Å². The minimum absolute atomic E-state index is 0.123. The molecule has 0 spiro atoms. The molecule has 2 rings (SSSR count). The Balaban J connectivity index is 1.92. The van der Waals surface area contributed by atoms with Gasteiger partial charge in [0.1, 0.15) is 22.2 Å². The molecule has 1 amide bonds. The summed E-state index contributed by atoms with van der Waals surface area (Å²) in [4.78, 5) is 16.7. The number of amides is 1. The van der Waals surface area contributed by atoms with Crippen molar-refractivity contribution in [3.05, 3.63) is 39.8 Å². The van der Waals surface area contributed by atoms with Gasteiger partial charge in [-0.1, -0.05) is 13.8 Å². The Hall–Kier alpha value is -2.12. The zero-order valence-corrected chi connectivity index (χ0v) is 16.6. The maximum absolute atomic E-state index is 12.3. The van der Waals surface area contributed by atoms with Gasteiger partial charge in [-0.15, -0.1) is 11.3 Å². The number of ether oxygens (including phenoxy) is 2. The van der Waals surface area contributed by atoms with Crippen molar-refractivity contribution >= 4 is 17.2 Å². The maximum atomic E-state index is 12.3. The normalized spacial score (nSPS) is 12.1. The number of nitrogens with one attached hydrogen (secondary N) is 1. The summed E-state index contributed by atoms with van der Waals surface area (Å²) in [5, 5.41) is 5.46. The van der Waals surface area contributed by atoms with Crippen LogP contribution in [-0.2, 0) is 6.42 Å². The van der Waals surface area contributed by atoms with Gasteiger partial charge >= 0.3 is 0 Å². The number of carbonyl (C=O) groups excluding carboxylic acids is 1. The number of nitrogens with zero attached hydrogens (tertiary/aromatic N) is 1. The van der Waals surface area contributed by atoms with Crippen LogP contribution in [0.3, 0.4) is 0 Å². The van der Waals surface area contributed by atoms with Crippen LogP contribution in [-0.4, -0.2) is 31.7 Å². The van der Waals surface area contributed by atoms with Crippen molar-refractivity contribution in [3.63, 3.8) is 0 Å². The quantitative estimate of drug-likeness (QED) is 0.701. The fourth-order valence-corrected chi connectivity index (χ4v) is 3.46. The Kier molecular flexibility index (Phi) is 7.41. The number of benzene rings is 1. The van der Waals surface area contributed by atoms with E-state index in [1.165, 1.54) is 11.3 Å². The van der Waals surface area contributed by atoms with Crippen molar-refractivity contribution in [2.24, 2.45) is 11.7 Å². The van der Waals surface area contributed by atoms with Crippen molar-refractivity contribution < 1.29 is 14.3 Å². The van der Waals surface area contributed by atoms with Crippen molar-refractivity contribution in [2.75, 3.05) is 20.8 Å². The van der Waals surface area contributed by atoms with Crippen LogP contribution in [0.4, 0.5) is 0 Å². The molecule has 7 heteroatoms. The van der Waals surface area contributed by atoms with E-state index in [0.29, 0.717) is 24.6 Å². The molecule has 2 aromatic rings. The highest BCUT2D eigenvalue weighted by Crippen LogP contribution is 2.24. The second-order valence-corrected chi connectivity index (χ2v) is 7.38. The van der Waals surface area contributed by atoms with Gasteiger partial charge in [0, 0.05) is 11.9 Å². The summed E-state index contributed by atoms with van der Waals surface area (Å²) in [6.45, 7) is 4.72. The van der Waals surface area contributed by atoms with E-state index in [2.05, 4.69) is 24.1 Å². The molecule has 1 aromatic carbocycles. The molecule has 1 atom stereocenters. The first-order valence-corrected chi connectivity index (χ1v) is 9.52. The third-order valence-electron chi connectivity index (χ3n) is 3.96. The molecule has 1 heterocycles. The minimum atomic E-state index is -0.189. The zero-order chi connectivity index (χ0) is 19.1. The van der Waals surface area contributed by atoms with Crippen molar-refractivity contribution in [2.45, 2.75) is 32.7 Å². The molecular weight excluding hydrogens is 350 g/mol. The van der Waals surface area contributed by atoms with E-state index >= 15 is 0 Å². The molecule has 0 saturated heterocycles. The molecular formula is C19H27N3O3S. The molecule has 1 unspecified atom stereocenters. The molecule has 3 N–H and O–H groups in total. The van der Waals surface area contributed by atoms with Crippen LogP contribution in [0.2, 0.25) is 0 Å². The van der Waals surface area contributed by atoms with E-state index in [0.717, 1.165) is 28.5 Å². The van der Waals surface area contributed by atoms with Crippen molar-refractivity contribution in [1.29, 1.82) is 0 Å². The number of hydrogen-bond donors (Lipinski definition) is 2. The van der Waals surface area contributed by atoms with Crippen LogP contribution in [0.5, 0.6) is 11.5 Å². The van der Waals surface area contributed by atoms with Crippen LogP contribution < -0.4 is 20.5 Å². The average molecular weight is 378 g/mol. The highest BCUT2D eigenvalue weighted by atomic mass is 32.1. The van der Waals surface area contributed by atoms with Gasteiger partial charge in [0.15, 0.2) is 0 Å². The number of aromatic nitrogens is 1. The average Bonchev–Trinajstić information content (AvgIpc) is 3.11. The third kappa shape index (κ3) is 5.44. The summed E-state index contributed by atoms with van der Waals surface area (Å²) in [7, 11) is 3.25. The van der Waals surface area contributed by atoms with Gasteiger partial charge in [-0.25, -0.2) is 4.98 Å². The van der Waals surface area contributed by atoms with Gasteiger partial charge in [-0.2, -0.15) is 0 Å². The number of methoxy groups -OCH3 is 2. The van der Waals surface area contributed by atoms with Gasteiger partial charge in [-0.05, 0) is 42.5 Å². The number of rotatable bonds is 9. The van der Waals surface area contributed by atoms with Crippen LogP contribution in [0.1, 0.15) is 47.4 Å². The molecule has 0 aliphatic rings. The predicted octanol–water partition coefficient (Wildman–Crippen LogP) is 3.18. The van der Waals surface area contributed by atoms with Crippen LogP contribution in [0.25, 0.3) is 0 Å². The van der Waals surface area contributed by atoms with Crippen molar-refractivity contribution in [3.8, 4) is 11.5 Å². The lowest BCUT2D eigenvalue weighted by atomic mass is 10.1. The number of thiazole rings is 1. The van der Waals surface area contributed by atoms with E-state index < -0.39 is 0 Å². The lowest BCUT2D eigenvalue weighted by Crippen LogP contribution is -2.26. The second-order valence-electron chi connectivity index (χ2n) is 6.49. The first-order valence-electron chi connectivity index (χ1n) is 8.64. The molecule has 0 bridgehead atoms. The van der Waals surface area contributed by atoms with Gasteiger partial charge in [0.2, 0.25) is 0 Å². The Morgan fingerprint density at radius 1 is 1.31 bits per heavy atom. The highest BCUT2D eigenvalue weighted by Gasteiger charge is 2.16. The summed E-state index contributed by atoms with van der Waals surface area (Å²) in [5.41, 5.74) is 7.53. The van der Waals surface area contributed by atoms with Gasteiger partial charge < -0.3 is 20.5 Å². The molecule has 0 aliphatic carbocycles. The van der Waals surface area contributed by atoms with E-state index in [1.807, 2.05) is 18.2 Å². The molecule has 0 aliphatic heterocycles. The van der Waals surface area contributed by atoms with Crippen molar-refractivity contribution in [1.82, 2.24) is 10.3 Å². The largest absolute Gasteiger partial charge is 0.497 e. The maximum Gasteiger partial charge on any atom is 0.270 e. The Labute approximate surface area is 158 Å². The van der Waals surface area contributed by atoms with Gasteiger partial charge in [0.25, 0.3) is 5.91 Å². The first kappa shape index (κ1) is 20.2. The van der Waals surface area contributed by atoms with E-state index in [4.69, 9.17) is 15.2 Å². The molecule has 26 heavy (non-hydrogen) atoms. The molecule has 1 aromatic heterocycles. The lowest BCUT2D eigenvalue weighted by Gasteiger charge is -2.11. The molecule has 6 nitrogen and oxygen atoms in total. The molecule has 0 fully saturated rings. The van der Waals surface area contributed by atoms with Gasteiger partial charge in [-0.3, -0.25) is 4.79 Å². The van der Waals surface area contributed by atoms with E-state index in [9.17, 15) is 4.79 Å². The highest BCUT2D eigenvalue weighted by molar-refractivity contribution is 7.09. The van der Waals surface area contributed by atoms with E-state index in [-0.39, 0.29) is 11.9 Å². The minimum Gasteiger partial charge on any atom is -0.497 e. The first-order chi connectivity index (χ1) is 12.4. The molecule has 0 radical (unpaired) electrons. The Bertz CT molecular complexity index is 731. The zero-order valence-electron chi connectivity index (χ0n) is 15.7. The van der Waals surface area contributed by atoms with Crippen LogP contribution >= 0.6 is 11.3 Å². The second kappa shape index (κ2) is 9.54. The van der Waals surface area contributed by atoms with E-state index in [1.54, 1.807) is 19.6 Å². The predicted molar refractivity (Wildman–Crippen MR) is 104 cm³/mol. The van der Waals surface area contributed by atoms with Gasteiger partial charge in [0.05, 0.1) is 20.3 Å². The monoisotopic (exact) mass is 377 g/mol. The smallest absolute Gasteiger partial charge is 0.270 e. The standard InChI is InChI=1S/C19H27N3O3S/c1-12(2)9-15(20)19-22-16(11-26-19)18(23)21-8-7-13-10-14(24-3)5-6-17(13)25-4/h5-6,10-12,15H,7-9,20H2,1-4H3,(H,21,23).